The number of aromatic hydroxyl groups is 1. The number of fused-ring (bicyclic) bond motifs is 3. The average Bonchev–Trinajstić information content (AvgIpc) is 3.44. The number of phenols is 1. The van der Waals surface area contributed by atoms with Crippen LogP contribution in [0.5, 0.6) is 5.75 Å². The molecule has 10 heteroatoms. The van der Waals surface area contributed by atoms with Gasteiger partial charge in [0.2, 0.25) is 5.95 Å². The van der Waals surface area contributed by atoms with Crippen molar-refractivity contribution < 1.29 is 14.6 Å². The molecule has 2 fully saturated rings. The highest BCUT2D eigenvalue weighted by molar-refractivity contribution is 5.86. The first-order valence-electron chi connectivity index (χ1n) is 15.6. The van der Waals surface area contributed by atoms with Gasteiger partial charge in [0.25, 0.3) is 0 Å². The largest absolute Gasteiger partial charge is 0.507 e. The molecule has 224 valence electrons. The van der Waals surface area contributed by atoms with Crippen LogP contribution in [0.4, 0.5) is 5.95 Å². The number of likely N-dealkylation sites (tertiary alicyclic amines) is 1. The first kappa shape index (κ1) is 27.8. The second kappa shape index (κ2) is 11.6. The van der Waals surface area contributed by atoms with E-state index in [0.717, 1.165) is 81.6 Å². The van der Waals surface area contributed by atoms with Crippen molar-refractivity contribution >= 4 is 23.0 Å². The summed E-state index contributed by atoms with van der Waals surface area (Å²) < 4.78 is 4.96. The number of anilines is 1. The second-order valence-corrected chi connectivity index (χ2v) is 12.3. The van der Waals surface area contributed by atoms with Gasteiger partial charge in [0.1, 0.15) is 5.75 Å². The van der Waals surface area contributed by atoms with E-state index in [0.29, 0.717) is 23.2 Å². The first-order chi connectivity index (χ1) is 21.0. The van der Waals surface area contributed by atoms with Gasteiger partial charge in [-0.3, -0.25) is 4.79 Å². The summed E-state index contributed by atoms with van der Waals surface area (Å²) in [6, 6.07) is 9.88. The Bertz CT molecular complexity index is 1600. The molecule has 1 atom stereocenters. The lowest BCUT2D eigenvalue weighted by Gasteiger charge is -2.40. The van der Waals surface area contributed by atoms with E-state index in [2.05, 4.69) is 31.9 Å². The number of carbonyl (C=O) groups is 1. The Kier molecular flexibility index (Phi) is 7.46. The van der Waals surface area contributed by atoms with Crippen LogP contribution in [-0.4, -0.2) is 73.9 Å². The lowest BCUT2D eigenvalue weighted by atomic mass is 9.83. The van der Waals surface area contributed by atoms with Gasteiger partial charge in [-0.2, -0.15) is 0 Å². The van der Waals surface area contributed by atoms with Crippen molar-refractivity contribution in [3.8, 4) is 17.0 Å². The predicted octanol–water partition coefficient (Wildman–Crippen LogP) is 5.16. The number of methoxy groups -OCH3 is 1. The standard InChI is InChI=1S/C33H39N7O3/c1-20-30-26-17-28(25-5-3-4-6-29(25)41)37-38-31(26)36-27(30)13-16-40(20)33-34-18-23(19-35-33)21-11-14-39(15-12-21)24-9-7-22(8-10-24)32(42)43-2/h3-6,17-22,24,41H,7-16H2,1-2H3,(H,36,38)/t20-,22?,24?/m1/s1. The Morgan fingerprint density at radius 1 is 1.00 bits per heavy atom. The van der Waals surface area contributed by atoms with Crippen molar-refractivity contribution in [2.75, 3.05) is 31.6 Å². The van der Waals surface area contributed by atoms with Gasteiger partial charge in [0.15, 0.2) is 5.65 Å². The number of nitrogens with zero attached hydrogens (tertiary/aromatic N) is 6. The average molecular weight is 582 g/mol. The van der Waals surface area contributed by atoms with Gasteiger partial charge < -0.3 is 24.6 Å². The van der Waals surface area contributed by atoms with Crippen LogP contribution in [0.15, 0.2) is 42.7 Å². The minimum atomic E-state index is -0.0471. The van der Waals surface area contributed by atoms with Crippen molar-refractivity contribution in [1.29, 1.82) is 0 Å². The maximum Gasteiger partial charge on any atom is 0.308 e. The number of benzene rings is 1. The van der Waals surface area contributed by atoms with Crippen molar-refractivity contribution in [2.24, 2.45) is 5.92 Å². The van der Waals surface area contributed by atoms with E-state index in [9.17, 15) is 9.90 Å². The maximum absolute atomic E-state index is 11.9. The van der Waals surface area contributed by atoms with Gasteiger partial charge in [-0.15, -0.1) is 10.2 Å². The molecule has 4 aromatic rings. The van der Waals surface area contributed by atoms with E-state index in [4.69, 9.17) is 14.7 Å². The van der Waals surface area contributed by atoms with Crippen LogP contribution in [0, 0.1) is 5.92 Å². The van der Waals surface area contributed by atoms with Gasteiger partial charge in [-0.1, -0.05) is 12.1 Å². The Balaban J connectivity index is 1.02. The summed E-state index contributed by atoms with van der Waals surface area (Å²) in [6.07, 6.45) is 11.2. The molecule has 1 saturated heterocycles. The number of ether oxygens (including phenoxy) is 1. The summed E-state index contributed by atoms with van der Waals surface area (Å²) in [4.78, 5) is 30.0. The number of esters is 1. The fourth-order valence-corrected chi connectivity index (χ4v) is 7.54. The lowest BCUT2D eigenvalue weighted by Crippen LogP contribution is -2.43. The summed E-state index contributed by atoms with van der Waals surface area (Å²) in [5.74, 6) is 1.45. The molecule has 5 heterocycles. The lowest BCUT2D eigenvalue weighted by molar-refractivity contribution is -0.147. The molecule has 1 saturated carbocycles. The molecule has 2 N–H and O–H groups in total. The SMILES string of the molecule is COC(=O)C1CCC(N2CCC(c3cnc(N4CCc5[nH]c6nnc(-c7ccccc7O)cc6c5[C@H]4C)nc3)CC2)CC1. The summed E-state index contributed by atoms with van der Waals surface area (Å²) in [7, 11) is 1.49. The number of piperidine rings is 1. The van der Waals surface area contributed by atoms with E-state index in [1.54, 1.807) is 12.1 Å². The number of carbonyl (C=O) groups excluding carboxylic acids is 1. The summed E-state index contributed by atoms with van der Waals surface area (Å²) in [6.45, 7) is 5.17. The second-order valence-electron chi connectivity index (χ2n) is 12.3. The molecule has 0 amide bonds. The molecule has 3 aromatic heterocycles. The van der Waals surface area contributed by atoms with Gasteiger partial charge >= 0.3 is 5.97 Å². The van der Waals surface area contributed by atoms with Gasteiger partial charge in [-0.05, 0) is 88.2 Å². The molecule has 0 unspecified atom stereocenters. The number of nitrogens with one attached hydrogen (secondary N) is 1. The Morgan fingerprint density at radius 3 is 2.47 bits per heavy atom. The highest BCUT2D eigenvalue weighted by Gasteiger charge is 2.33. The third kappa shape index (κ3) is 5.22. The Morgan fingerprint density at radius 2 is 1.74 bits per heavy atom. The third-order valence-electron chi connectivity index (χ3n) is 10.0. The van der Waals surface area contributed by atoms with Crippen molar-refractivity contribution in [3.63, 3.8) is 0 Å². The van der Waals surface area contributed by atoms with Crippen LogP contribution < -0.4 is 4.90 Å². The van der Waals surface area contributed by atoms with E-state index in [1.807, 2.05) is 30.6 Å². The third-order valence-corrected chi connectivity index (χ3v) is 10.0. The monoisotopic (exact) mass is 581 g/mol. The quantitative estimate of drug-likeness (QED) is 0.308. The topological polar surface area (TPSA) is 120 Å². The molecular formula is C33H39N7O3. The molecule has 0 radical (unpaired) electrons. The van der Waals surface area contributed by atoms with Crippen LogP contribution in [0.3, 0.4) is 0 Å². The minimum Gasteiger partial charge on any atom is -0.507 e. The molecule has 7 rings (SSSR count). The summed E-state index contributed by atoms with van der Waals surface area (Å²) in [5.41, 5.74) is 5.66. The molecule has 3 aliphatic rings. The smallest absolute Gasteiger partial charge is 0.308 e. The molecular weight excluding hydrogens is 542 g/mol. The number of para-hydroxylation sites is 1. The highest BCUT2D eigenvalue weighted by atomic mass is 16.5. The molecule has 2 aliphatic heterocycles. The molecule has 1 aromatic carbocycles. The fourth-order valence-electron chi connectivity index (χ4n) is 7.54. The number of rotatable bonds is 5. The minimum absolute atomic E-state index is 0.0471. The molecule has 0 spiro atoms. The van der Waals surface area contributed by atoms with Crippen molar-refractivity contribution in [2.45, 2.75) is 69.9 Å². The number of hydrogen-bond acceptors (Lipinski definition) is 9. The number of aromatic nitrogens is 5. The van der Waals surface area contributed by atoms with E-state index in [-0.39, 0.29) is 23.7 Å². The van der Waals surface area contributed by atoms with E-state index in [1.165, 1.54) is 23.9 Å². The molecule has 1 aliphatic carbocycles. The predicted molar refractivity (Wildman–Crippen MR) is 164 cm³/mol. The number of H-pyrrole nitrogens is 1. The zero-order chi connectivity index (χ0) is 29.5. The normalized spacial score (nSPS) is 23.3. The zero-order valence-corrected chi connectivity index (χ0v) is 24.9. The number of hydrogen-bond donors (Lipinski definition) is 2. The summed E-state index contributed by atoms with van der Waals surface area (Å²) >= 11 is 0. The summed E-state index contributed by atoms with van der Waals surface area (Å²) in [5, 5.41) is 20.2. The van der Waals surface area contributed by atoms with Gasteiger partial charge in [-0.25, -0.2) is 9.97 Å². The molecule has 10 nitrogen and oxygen atoms in total. The molecule has 0 bridgehead atoms. The number of aromatic amines is 1. The van der Waals surface area contributed by atoms with Crippen LogP contribution in [0.25, 0.3) is 22.3 Å². The van der Waals surface area contributed by atoms with Crippen molar-refractivity contribution in [1.82, 2.24) is 30.0 Å². The van der Waals surface area contributed by atoms with Crippen LogP contribution in [-0.2, 0) is 16.0 Å². The number of phenolic OH excluding ortho intramolecular Hbond substituents is 1. The fraction of sp³-hybridized carbons (Fsp3) is 0.485. The van der Waals surface area contributed by atoms with E-state index < -0.39 is 0 Å². The van der Waals surface area contributed by atoms with Crippen LogP contribution >= 0.6 is 0 Å². The van der Waals surface area contributed by atoms with Gasteiger partial charge in [0, 0.05) is 53.6 Å². The molecule has 43 heavy (non-hydrogen) atoms. The van der Waals surface area contributed by atoms with Crippen LogP contribution in [0.1, 0.15) is 74.2 Å². The highest BCUT2D eigenvalue weighted by Crippen LogP contribution is 2.39. The Labute approximate surface area is 251 Å². The Hall–Kier alpha value is -4.05. The maximum atomic E-state index is 11.9. The van der Waals surface area contributed by atoms with Gasteiger partial charge in [0.05, 0.1) is 24.8 Å². The van der Waals surface area contributed by atoms with E-state index >= 15 is 0 Å². The van der Waals surface area contributed by atoms with Crippen LogP contribution in [0.2, 0.25) is 0 Å². The zero-order valence-electron chi connectivity index (χ0n) is 24.9. The van der Waals surface area contributed by atoms with Crippen molar-refractivity contribution in [3.05, 3.63) is 59.5 Å². The first-order valence-corrected chi connectivity index (χ1v) is 15.6.